The predicted molar refractivity (Wildman–Crippen MR) is 115 cm³/mol. The van der Waals surface area contributed by atoms with Crippen molar-refractivity contribution in [3.8, 4) is 5.75 Å². The van der Waals surface area contributed by atoms with Gasteiger partial charge in [-0.1, -0.05) is 18.2 Å². The topological polar surface area (TPSA) is 73.7 Å². The van der Waals surface area contributed by atoms with Gasteiger partial charge in [0.2, 0.25) is 0 Å². The Morgan fingerprint density at radius 1 is 1.38 bits per heavy atom. The second kappa shape index (κ2) is 9.38. The lowest BCUT2D eigenvalue weighted by Crippen LogP contribution is -2.35. The Kier molecular flexibility index (Phi) is 7.20. The number of allylic oxidation sites excluding steroid dienone is 1. The number of nitrogens with one attached hydrogen (secondary N) is 2. The molecule has 1 amide bonds. The van der Waals surface area contributed by atoms with Gasteiger partial charge in [-0.15, -0.1) is 6.58 Å². The Hall–Kier alpha value is -2.35. The lowest BCUT2D eigenvalue weighted by molar-refractivity contribution is -0.121. The molecule has 0 aliphatic rings. The van der Waals surface area contributed by atoms with Gasteiger partial charge in [0.25, 0.3) is 5.91 Å². The van der Waals surface area contributed by atoms with E-state index in [1.165, 1.54) is 6.21 Å². The lowest BCUT2D eigenvalue weighted by atomic mass is 10.1. The van der Waals surface area contributed by atoms with Crippen LogP contribution in [0.2, 0.25) is 0 Å². The molecule has 2 aromatic rings. The number of para-hydroxylation sites is 1. The van der Waals surface area contributed by atoms with Crippen molar-refractivity contribution < 1.29 is 9.90 Å². The Morgan fingerprint density at radius 2 is 2.15 bits per heavy atom. The Labute approximate surface area is 167 Å². The van der Waals surface area contributed by atoms with Gasteiger partial charge in [0, 0.05) is 14.8 Å². The van der Waals surface area contributed by atoms with Gasteiger partial charge >= 0.3 is 0 Å². The number of hydrogen-bond acceptors (Lipinski definition) is 4. The Balaban J connectivity index is 1.98. The minimum Gasteiger partial charge on any atom is -0.507 e. The van der Waals surface area contributed by atoms with E-state index >= 15 is 0 Å². The van der Waals surface area contributed by atoms with Crippen LogP contribution in [0, 0.1) is 10.5 Å². The van der Waals surface area contributed by atoms with Crippen molar-refractivity contribution in [3.63, 3.8) is 0 Å². The minimum atomic E-state index is -0.452. The van der Waals surface area contributed by atoms with Crippen molar-refractivity contribution in [1.82, 2.24) is 5.43 Å². The number of nitrogens with zero attached hydrogens (tertiary/aromatic N) is 1. The van der Waals surface area contributed by atoms with Crippen LogP contribution < -0.4 is 10.7 Å². The number of phenols is 1. The molecule has 0 heterocycles. The quantitative estimate of drug-likeness (QED) is 0.252. The first-order valence-corrected chi connectivity index (χ1v) is 9.27. The SMILES string of the molecule is C=CCc1cccc(C=NNC(=O)C(C)Nc2ccc(I)cc2C)c1O. The maximum atomic E-state index is 12.2. The highest BCUT2D eigenvalue weighted by molar-refractivity contribution is 14.1. The summed E-state index contributed by atoms with van der Waals surface area (Å²) in [4.78, 5) is 12.2. The first-order valence-electron chi connectivity index (χ1n) is 8.19. The van der Waals surface area contributed by atoms with E-state index in [1.54, 1.807) is 19.1 Å². The number of carbonyl (C=O) groups excluding carboxylic acids is 1. The van der Waals surface area contributed by atoms with Gasteiger partial charge in [0.15, 0.2) is 0 Å². The molecule has 5 nitrogen and oxygen atoms in total. The number of phenolic OH excluding ortho intramolecular Hbond substituents is 1. The third-order valence-corrected chi connectivity index (χ3v) is 4.52. The highest BCUT2D eigenvalue weighted by atomic mass is 127. The molecule has 136 valence electrons. The number of hydrogen-bond donors (Lipinski definition) is 3. The molecule has 2 aromatic carbocycles. The zero-order valence-corrected chi connectivity index (χ0v) is 16.9. The van der Waals surface area contributed by atoms with Crippen LogP contribution in [0.3, 0.4) is 0 Å². The van der Waals surface area contributed by atoms with Gasteiger partial charge in [-0.3, -0.25) is 4.79 Å². The van der Waals surface area contributed by atoms with Crippen LogP contribution in [0.1, 0.15) is 23.6 Å². The van der Waals surface area contributed by atoms with Crippen LogP contribution in [0.25, 0.3) is 0 Å². The molecular weight excluding hydrogens is 441 g/mol. The number of halogens is 1. The second-order valence-corrected chi connectivity index (χ2v) is 7.15. The van der Waals surface area contributed by atoms with Gasteiger partial charge < -0.3 is 10.4 Å². The number of aryl methyl sites for hydroxylation is 1. The number of hydrazone groups is 1. The molecule has 0 fully saturated rings. The number of rotatable bonds is 7. The Morgan fingerprint density at radius 3 is 2.85 bits per heavy atom. The molecule has 0 saturated heterocycles. The van der Waals surface area contributed by atoms with E-state index in [0.29, 0.717) is 12.0 Å². The summed E-state index contributed by atoms with van der Waals surface area (Å²) in [5, 5.41) is 17.3. The molecule has 0 radical (unpaired) electrons. The molecule has 0 bridgehead atoms. The molecular formula is C20H22IN3O2. The highest BCUT2D eigenvalue weighted by Gasteiger charge is 2.13. The van der Waals surface area contributed by atoms with Gasteiger partial charge in [0.05, 0.1) is 6.21 Å². The second-order valence-electron chi connectivity index (χ2n) is 5.91. The van der Waals surface area contributed by atoms with Crippen molar-refractivity contribution in [1.29, 1.82) is 0 Å². The summed E-state index contributed by atoms with van der Waals surface area (Å²) in [5.41, 5.74) is 5.78. The molecule has 0 aromatic heterocycles. The van der Waals surface area contributed by atoms with E-state index < -0.39 is 6.04 Å². The van der Waals surface area contributed by atoms with Crippen LogP contribution in [0.5, 0.6) is 5.75 Å². The van der Waals surface area contributed by atoms with E-state index in [1.807, 2.05) is 37.3 Å². The summed E-state index contributed by atoms with van der Waals surface area (Å²) in [7, 11) is 0. The molecule has 0 aliphatic heterocycles. The van der Waals surface area contributed by atoms with Crippen molar-refractivity contribution in [2.75, 3.05) is 5.32 Å². The summed E-state index contributed by atoms with van der Waals surface area (Å²) in [5.74, 6) is -0.118. The van der Waals surface area contributed by atoms with Crippen molar-refractivity contribution in [3.05, 3.63) is 69.3 Å². The molecule has 3 N–H and O–H groups in total. The first kappa shape index (κ1) is 20.0. The van der Waals surface area contributed by atoms with E-state index in [-0.39, 0.29) is 11.7 Å². The molecule has 1 unspecified atom stereocenters. The molecule has 0 saturated carbocycles. The van der Waals surface area contributed by atoms with Crippen LogP contribution in [0.15, 0.2) is 54.2 Å². The largest absolute Gasteiger partial charge is 0.507 e. The summed E-state index contributed by atoms with van der Waals surface area (Å²) < 4.78 is 1.14. The molecule has 0 aliphatic carbocycles. The predicted octanol–water partition coefficient (Wildman–Crippen LogP) is 3.98. The number of anilines is 1. The smallest absolute Gasteiger partial charge is 0.262 e. The van der Waals surface area contributed by atoms with Crippen LogP contribution in [0.4, 0.5) is 5.69 Å². The van der Waals surface area contributed by atoms with Crippen LogP contribution in [-0.4, -0.2) is 23.3 Å². The van der Waals surface area contributed by atoms with Gasteiger partial charge in [-0.25, -0.2) is 5.43 Å². The number of carbonyl (C=O) groups is 1. The average Bonchev–Trinajstić information content (AvgIpc) is 2.60. The fourth-order valence-electron chi connectivity index (χ4n) is 2.39. The molecule has 26 heavy (non-hydrogen) atoms. The monoisotopic (exact) mass is 463 g/mol. The fourth-order valence-corrected chi connectivity index (χ4v) is 3.03. The third kappa shape index (κ3) is 5.32. The van der Waals surface area contributed by atoms with E-state index in [0.717, 1.165) is 20.4 Å². The third-order valence-electron chi connectivity index (χ3n) is 3.85. The fraction of sp³-hybridized carbons (Fsp3) is 0.200. The minimum absolute atomic E-state index is 0.145. The van der Waals surface area contributed by atoms with Gasteiger partial charge in [-0.05, 0) is 78.3 Å². The van der Waals surface area contributed by atoms with E-state index in [9.17, 15) is 9.90 Å². The maximum Gasteiger partial charge on any atom is 0.262 e. The van der Waals surface area contributed by atoms with E-state index in [2.05, 4.69) is 45.0 Å². The number of amides is 1. The van der Waals surface area contributed by atoms with Crippen molar-refractivity contribution >= 4 is 40.4 Å². The standard InChI is InChI=1S/C20H22IN3O2/c1-4-6-15-7-5-8-16(19(15)25)12-22-24-20(26)14(3)23-18-10-9-17(21)11-13(18)2/h4-5,7-12,14,23,25H,1,6H2,2-3H3,(H,24,26). The first-order chi connectivity index (χ1) is 12.4. The number of benzene rings is 2. The summed E-state index contributed by atoms with van der Waals surface area (Å²) in [6, 6.07) is 10.9. The Bertz CT molecular complexity index is 834. The van der Waals surface area contributed by atoms with Gasteiger partial charge in [-0.2, -0.15) is 5.10 Å². The van der Waals surface area contributed by atoms with Crippen molar-refractivity contribution in [2.24, 2.45) is 5.10 Å². The summed E-state index contributed by atoms with van der Waals surface area (Å²) in [6.45, 7) is 7.43. The highest BCUT2D eigenvalue weighted by Crippen LogP contribution is 2.21. The van der Waals surface area contributed by atoms with Crippen LogP contribution in [-0.2, 0) is 11.2 Å². The molecule has 2 rings (SSSR count). The molecule has 6 heteroatoms. The molecule has 0 spiro atoms. The van der Waals surface area contributed by atoms with E-state index in [4.69, 9.17) is 0 Å². The molecule has 1 atom stereocenters. The van der Waals surface area contributed by atoms with Crippen molar-refractivity contribution in [2.45, 2.75) is 26.3 Å². The summed E-state index contributed by atoms with van der Waals surface area (Å²) in [6.07, 6.45) is 3.72. The zero-order chi connectivity index (χ0) is 19.1. The van der Waals surface area contributed by atoms with Gasteiger partial charge in [0.1, 0.15) is 11.8 Å². The van der Waals surface area contributed by atoms with Crippen LogP contribution >= 0.6 is 22.6 Å². The average molecular weight is 463 g/mol. The maximum absolute atomic E-state index is 12.2. The number of aromatic hydroxyl groups is 1. The summed E-state index contributed by atoms with van der Waals surface area (Å²) >= 11 is 2.25. The normalized spacial score (nSPS) is 12.0. The zero-order valence-electron chi connectivity index (χ0n) is 14.8. The lowest BCUT2D eigenvalue weighted by Gasteiger charge is -2.15.